The maximum absolute atomic E-state index is 13.2. The third kappa shape index (κ3) is 5.34. The van der Waals surface area contributed by atoms with Gasteiger partial charge in [0.1, 0.15) is 11.8 Å². The Kier molecular flexibility index (Phi) is 7.16. The van der Waals surface area contributed by atoms with Crippen molar-refractivity contribution in [1.29, 1.82) is 0 Å². The number of nitrogens with one attached hydrogen (secondary N) is 2. The molecule has 1 atom stereocenters. The fourth-order valence-corrected chi connectivity index (χ4v) is 5.60. The average Bonchev–Trinajstić information content (AvgIpc) is 3.06. The van der Waals surface area contributed by atoms with Gasteiger partial charge in [0.2, 0.25) is 5.91 Å². The van der Waals surface area contributed by atoms with Crippen molar-refractivity contribution in [3.05, 3.63) is 53.3 Å². The smallest absolute Gasteiger partial charge is 0.322 e. The minimum absolute atomic E-state index is 0.0547. The number of aromatic hydroxyl groups is 1. The fraction of sp³-hybridized carbons (Fsp3) is 0.519. The molecule has 5 amide bonds. The summed E-state index contributed by atoms with van der Waals surface area (Å²) in [5, 5.41) is 15.5. The fourth-order valence-electron chi connectivity index (χ4n) is 5.60. The molecule has 0 radical (unpaired) electrons. The predicted molar refractivity (Wildman–Crippen MR) is 135 cm³/mol. The van der Waals surface area contributed by atoms with Gasteiger partial charge in [-0.15, -0.1) is 0 Å². The number of urea groups is 2. The summed E-state index contributed by atoms with van der Waals surface area (Å²) in [5.74, 6) is 0.142. The van der Waals surface area contributed by atoms with Crippen molar-refractivity contribution in [2.75, 3.05) is 26.2 Å². The zero-order chi connectivity index (χ0) is 25.1. The van der Waals surface area contributed by atoms with E-state index in [1.54, 1.807) is 21.9 Å². The molecule has 0 bridgehead atoms. The van der Waals surface area contributed by atoms with Gasteiger partial charge in [-0.2, -0.15) is 0 Å². The quantitative estimate of drug-likeness (QED) is 0.600. The van der Waals surface area contributed by atoms with E-state index < -0.39 is 6.04 Å². The second-order valence-electron chi connectivity index (χ2n) is 10.2. The Morgan fingerprint density at radius 3 is 2.61 bits per heavy atom. The van der Waals surface area contributed by atoms with E-state index in [0.29, 0.717) is 39.1 Å². The summed E-state index contributed by atoms with van der Waals surface area (Å²) in [5.41, 5.74) is 3.18. The Hall–Kier alpha value is -3.49. The second kappa shape index (κ2) is 10.6. The van der Waals surface area contributed by atoms with Gasteiger partial charge in [-0.05, 0) is 74.3 Å². The maximum atomic E-state index is 13.2. The van der Waals surface area contributed by atoms with Crippen LogP contribution >= 0.6 is 0 Å². The predicted octanol–water partition coefficient (Wildman–Crippen LogP) is 3.08. The van der Waals surface area contributed by atoms with E-state index in [1.165, 1.54) is 5.57 Å². The number of likely N-dealkylation sites (tertiary alicyclic amines) is 2. The minimum atomic E-state index is -0.535. The van der Waals surface area contributed by atoms with Gasteiger partial charge in [-0.1, -0.05) is 18.2 Å². The number of phenolic OH excluding ortho intramolecular Hbond substituents is 1. The molecule has 0 unspecified atom stereocenters. The standard InChI is InChI=1S/C27H35N5O4/c33-22-10-8-19(9-11-22)17-31-14-4-3-7-24(25(31)34)29-26(35)30-15-12-21(13-16-30)32-18-20-5-1-2-6-23(20)28-27(32)36/h2,6,8-11,21,24,33H,1,3-5,7,12-18H2,(H,28,36)(H,29,35)/t24-/m1/s1. The van der Waals surface area contributed by atoms with E-state index >= 15 is 0 Å². The molecule has 3 heterocycles. The number of phenols is 1. The highest BCUT2D eigenvalue weighted by molar-refractivity contribution is 5.87. The van der Waals surface area contributed by atoms with E-state index in [1.807, 2.05) is 23.1 Å². The van der Waals surface area contributed by atoms with Crippen LogP contribution in [0.25, 0.3) is 0 Å². The molecule has 2 fully saturated rings. The monoisotopic (exact) mass is 493 g/mol. The van der Waals surface area contributed by atoms with Crippen LogP contribution in [0.3, 0.4) is 0 Å². The third-order valence-electron chi connectivity index (χ3n) is 7.72. The van der Waals surface area contributed by atoms with Gasteiger partial charge >= 0.3 is 12.1 Å². The van der Waals surface area contributed by atoms with Crippen LogP contribution in [0.1, 0.15) is 50.5 Å². The van der Waals surface area contributed by atoms with Crippen molar-refractivity contribution in [2.45, 2.75) is 63.6 Å². The summed E-state index contributed by atoms with van der Waals surface area (Å²) in [4.78, 5) is 44.5. The van der Waals surface area contributed by atoms with E-state index in [2.05, 4.69) is 16.7 Å². The Labute approximate surface area is 211 Å². The molecular formula is C27H35N5O4. The molecule has 1 aromatic rings. The summed E-state index contributed by atoms with van der Waals surface area (Å²) in [6.07, 6.45) is 9.94. The van der Waals surface area contributed by atoms with Gasteiger partial charge in [0.25, 0.3) is 0 Å². The van der Waals surface area contributed by atoms with Gasteiger partial charge in [0.15, 0.2) is 0 Å². The Morgan fingerprint density at radius 1 is 1.06 bits per heavy atom. The maximum Gasteiger partial charge on any atom is 0.322 e. The number of allylic oxidation sites excluding steroid dienone is 2. The van der Waals surface area contributed by atoms with Crippen molar-refractivity contribution >= 4 is 18.0 Å². The number of nitrogens with zero attached hydrogens (tertiary/aromatic N) is 3. The SMILES string of the molecule is O=C(N[C@@H]1CCCCN(Cc2ccc(O)cc2)C1=O)N1CCC(N2CC3=C(C=CCC3)NC2=O)CC1. The van der Waals surface area contributed by atoms with E-state index in [9.17, 15) is 19.5 Å². The molecule has 5 rings (SSSR count). The molecule has 9 nitrogen and oxygen atoms in total. The van der Waals surface area contributed by atoms with Gasteiger partial charge in [-0.3, -0.25) is 4.79 Å². The summed E-state index contributed by atoms with van der Waals surface area (Å²) in [7, 11) is 0. The van der Waals surface area contributed by atoms with Crippen molar-refractivity contribution in [1.82, 2.24) is 25.3 Å². The van der Waals surface area contributed by atoms with Gasteiger partial charge in [0, 0.05) is 44.5 Å². The lowest BCUT2D eigenvalue weighted by Crippen LogP contribution is -2.56. The molecule has 9 heteroatoms. The van der Waals surface area contributed by atoms with Crippen LogP contribution in [-0.2, 0) is 11.3 Å². The molecule has 1 aliphatic carbocycles. The van der Waals surface area contributed by atoms with E-state index in [-0.39, 0.29) is 29.8 Å². The zero-order valence-corrected chi connectivity index (χ0v) is 20.6. The van der Waals surface area contributed by atoms with Crippen LogP contribution in [0, 0.1) is 0 Å². The highest BCUT2D eigenvalue weighted by Crippen LogP contribution is 2.26. The molecule has 3 N–H and O–H groups in total. The molecular weight excluding hydrogens is 458 g/mol. The average molecular weight is 494 g/mol. The van der Waals surface area contributed by atoms with Crippen LogP contribution in [-0.4, -0.2) is 76.0 Å². The van der Waals surface area contributed by atoms with Crippen LogP contribution < -0.4 is 10.6 Å². The Bertz CT molecular complexity index is 1060. The molecule has 2 saturated heterocycles. The van der Waals surface area contributed by atoms with Crippen molar-refractivity contribution in [2.24, 2.45) is 0 Å². The number of hydrogen-bond donors (Lipinski definition) is 3. The first-order valence-electron chi connectivity index (χ1n) is 13.1. The van der Waals surface area contributed by atoms with Gasteiger partial charge < -0.3 is 30.4 Å². The normalized spacial score (nSPS) is 23.3. The number of carbonyl (C=O) groups is 3. The van der Waals surface area contributed by atoms with Crippen LogP contribution in [0.15, 0.2) is 47.7 Å². The van der Waals surface area contributed by atoms with E-state index in [0.717, 1.165) is 49.8 Å². The Balaban J connectivity index is 1.14. The first-order valence-corrected chi connectivity index (χ1v) is 13.1. The summed E-state index contributed by atoms with van der Waals surface area (Å²) in [6, 6.07) is 6.19. The van der Waals surface area contributed by atoms with Crippen molar-refractivity contribution in [3.63, 3.8) is 0 Å². The minimum Gasteiger partial charge on any atom is -0.508 e. The molecule has 0 spiro atoms. The number of piperidine rings is 1. The molecule has 3 aliphatic heterocycles. The molecule has 0 saturated carbocycles. The van der Waals surface area contributed by atoms with Crippen molar-refractivity contribution in [3.8, 4) is 5.75 Å². The third-order valence-corrected chi connectivity index (χ3v) is 7.72. The number of carbonyl (C=O) groups excluding carboxylic acids is 3. The topological polar surface area (TPSA) is 105 Å². The van der Waals surface area contributed by atoms with Crippen molar-refractivity contribution < 1.29 is 19.5 Å². The lowest BCUT2D eigenvalue weighted by Gasteiger charge is -2.41. The van der Waals surface area contributed by atoms with Crippen LogP contribution in [0.5, 0.6) is 5.75 Å². The zero-order valence-electron chi connectivity index (χ0n) is 20.6. The summed E-state index contributed by atoms with van der Waals surface area (Å²) < 4.78 is 0. The number of hydrogen-bond acceptors (Lipinski definition) is 4. The number of amides is 5. The summed E-state index contributed by atoms with van der Waals surface area (Å²) in [6.45, 7) is 2.90. The number of rotatable bonds is 4. The first-order chi connectivity index (χ1) is 17.5. The lowest BCUT2D eigenvalue weighted by atomic mass is 9.97. The molecule has 4 aliphatic rings. The van der Waals surface area contributed by atoms with Gasteiger partial charge in [0.05, 0.1) is 0 Å². The highest BCUT2D eigenvalue weighted by Gasteiger charge is 2.35. The molecule has 36 heavy (non-hydrogen) atoms. The number of benzene rings is 1. The first kappa shape index (κ1) is 24.2. The van der Waals surface area contributed by atoms with Crippen LogP contribution in [0.4, 0.5) is 9.59 Å². The van der Waals surface area contributed by atoms with Gasteiger partial charge in [-0.25, -0.2) is 9.59 Å². The van der Waals surface area contributed by atoms with E-state index in [4.69, 9.17) is 0 Å². The lowest BCUT2D eigenvalue weighted by molar-refractivity contribution is -0.133. The highest BCUT2D eigenvalue weighted by atomic mass is 16.3. The molecule has 192 valence electrons. The largest absolute Gasteiger partial charge is 0.508 e. The second-order valence-corrected chi connectivity index (χ2v) is 10.2. The summed E-state index contributed by atoms with van der Waals surface area (Å²) >= 11 is 0. The Morgan fingerprint density at radius 2 is 1.83 bits per heavy atom. The molecule has 0 aromatic heterocycles. The molecule has 1 aromatic carbocycles. The van der Waals surface area contributed by atoms with Crippen LogP contribution in [0.2, 0.25) is 0 Å².